The molecular weight excluding hydrogens is 360 g/mol. The van der Waals surface area contributed by atoms with Gasteiger partial charge in [0.15, 0.2) is 11.5 Å². The van der Waals surface area contributed by atoms with Gasteiger partial charge >= 0.3 is 5.97 Å². The van der Waals surface area contributed by atoms with Crippen LogP contribution < -0.4 is 9.47 Å². The summed E-state index contributed by atoms with van der Waals surface area (Å²) in [5.41, 5.74) is 1.09. The average Bonchev–Trinajstić information content (AvgIpc) is 2.71. The molecule has 140 valence electrons. The number of carbonyl (C=O) groups excluding carboxylic acids is 1. The van der Waals surface area contributed by atoms with Crippen LogP contribution in [0.25, 0.3) is 10.8 Å². The number of thioether (sulfide) groups is 1. The van der Waals surface area contributed by atoms with Gasteiger partial charge in [-0.1, -0.05) is 60.7 Å². The van der Waals surface area contributed by atoms with Gasteiger partial charge in [-0.15, -0.1) is 11.8 Å². The van der Waals surface area contributed by atoms with Crippen molar-refractivity contribution in [3.8, 4) is 11.5 Å². The van der Waals surface area contributed by atoms with Crippen molar-refractivity contribution in [2.24, 2.45) is 0 Å². The highest BCUT2D eigenvalue weighted by Crippen LogP contribution is 2.36. The fraction of sp³-hybridized carbons (Fsp3) is 0.227. The van der Waals surface area contributed by atoms with Crippen LogP contribution in [0.5, 0.6) is 11.5 Å². The van der Waals surface area contributed by atoms with Gasteiger partial charge in [0.25, 0.3) is 0 Å². The number of ether oxygens (including phenoxy) is 3. The van der Waals surface area contributed by atoms with Gasteiger partial charge in [0, 0.05) is 5.39 Å². The van der Waals surface area contributed by atoms with Crippen LogP contribution in [0.1, 0.15) is 12.5 Å². The van der Waals surface area contributed by atoms with E-state index in [1.807, 2.05) is 66.7 Å². The van der Waals surface area contributed by atoms with Crippen molar-refractivity contribution in [1.29, 1.82) is 0 Å². The van der Waals surface area contributed by atoms with Crippen LogP contribution in [0.4, 0.5) is 0 Å². The Morgan fingerprint density at radius 1 is 0.926 bits per heavy atom. The molecule has 0 atom stereocenters. The summed E-state index contributed by atoms with van der Waals surface area (Å²) in [4.78, 5) is 11.5. The quantitative estimate of drug-likeness (QED) is 0.294. The number of benzene rings is 3. The molecule has 0 amide bonds. The molecule has 3 rings (SSSR count). The summed E-state index contributed by atoms with van der Waals surface area (Å²) in [6, 6.07) is 22.0. The third-order valence-corrected chi connectivity index (χ3v) is 4.62. The molecule has 3 aromatic rings. The molecule has 27 heavy (non-hydrogen) atoms. The van der Waals surface area contributed by atoms with Gasteiger partial charge in [0.2, 0.25) is 0 Å². The molecule has 3 aromatic carbocycles. The Bertz CT molecular complexity index is 880. The fourth-order valence-corrected chi connectivity index (χ4v) is 3.18. The maximum atomic E-state index is 11.5. The lowest BCUT2D eigenvalue weighted by atomic mass is 10.1. The Hall–Kier alpha value is -2.66. The summed E-state index contributed by atoms with van der Waals surface area (Å²) in [5.74, 6) is 1.76. The van der Waals surface area contributed by atoms with Crippen LogP contribution in [-0.2, 0) is 16.1 Å². The highest BCUT2D eigenvalue weighted by atomic mass is 32.2. The van der Waals surface area contributed by atoms with Crippen LogP contribution in [-0.4, -0.2) is 24.3 Å². The first-order chi connectivity index (χ1) is 13.3. The zero-order valence-electron chi connectivity index (χ0n) is 15.2. The van der Waals surface area contributed by atoms with Crippen LogP contribution >= 0.6 is 11.8 Å². The van der Waals surface area contributed by atoms with E-state index in [-0.39, 0.29) is 11.7 Å². The van der Waals surface area contributed by atoms with Gasteiger partial charge in [-0.05, 0) is 23.9 Å². The lowest BCUT2D eigenvalue weighted by Crippen LogP contribution is -2.08. The molecule has 5 heteroatoms. The van der Waals surface area contributed by atoms with E-state index in [1.54, 1.807) is 6.92 Å². The van der Waals surface area contributed by atoms with E-state index in [9.17, 15) is 4.79 Å². The van der Waals surface area contributed by atoms with Crippen molar-refractivity contribution in [3.63, 3.8) is 0 Å². The van der Waals surface area contributed by atoms with Crippen molar-refractivity contribution in [1.82, 2.24) is 0 Å². The standard InChI is InChI=1S/C22H22O4S/c1-2-24-21(23)15-27-16-26-22-19-11-7-6-10-18(19)12-13-20(22)25-14-17-8-4-3-5-9-17/h3-13H,2,14-16H2,1H3. The highest BCUT2D eigenvalue weighted by Gasteiger charge is 2.11. The van der Waals surface area contributed by atoms with Gasteiger partial charge in [-0.3, -0.25) is 4.79 Å². The third-order valence-electron chi connectivity index (χ3n) is 3.89. The number of hydrogen-bond donors (Lipinski definition) is 0. The molecule has 0 fully saturated rings. The summed E-state index contributed by atoms with van der Waals surface area (Å²) < 4.78 is 17.0. The Morgan fingerprint density at radius 2 is 1.70 bits per heavy atom. The van der Waals surface area contributed by atoms with Crippen LogP contribution in [0, 0.1) is 0 Å². The topological polar surface area (TPSA) is 44.8 Å². The van der Waals surface area contributed by atoms with E-state index in [0.29, 0.717) is 30.7 Å². The molecule has 0 radical (unpaired) electrons. The molecule has 0 aliphatic heterocycles. The Kier molecular flexibility index (Phi) is 6.99. The summed E-state index contributed by atoms with van der Waals surface area (Å²) in [5, 5.41) is 2.06. The molecule has 0 spiro atoms. The van der Waals surface area contributed by atoms with Crippen molar-refractivity contribution < 1.29 is 19.0 Å². The minimum absolute atomic E-state index is 0.232. The predicted octanol–water partition coefficient (Wildman–Crippen LogP) is 5.05. The molecular formula is C22H22O4S. The first kappa shape index (κ1) is 19.1. The van der Waals surface area contributed by atoms with E-state index in [4.69, 9.17) is 14.2 Å². The molecule has 0 aliphatic carbocycles. The Morgan fingerprint density at radius 3 is 2.52 bits per heavy atom. The Balaban J connectivity index is 1.72. The zero-order chi connectivity index (χ0) is 18.9. The van der Waals surface area contributed by atoms with Crippen LogP contribution in [0.3, 0.4) is 0 Å². The highest BCUT2D eigenvalue weighted by molar-refractivity contribution is 7.99. The first-order valence-electron chi connectivity index (χ1n) is 8.82. The molecule has 0 aliphatic rings. The minimum Gasteiger partial charge on any atom is -0.485 e. The third kappa shape index (κ3) is 5.41. The molecule has 0 saturated heterocycles. The minimum atomic E-state index is -0.232. The average molecular weight is 382 g/mol. The number of carbonyl (C=O) groups is 1. The van der Waals surface area contributed by atoms with Crippen LogP contribution in [0.2, 0.25) is 0 Å². The molecule has 0 unspecified atom stereocenters. The zero-order valence-corrected chi connectivity index (χ0v) is 16.0. The smallest absolute Gasteiger partial charge is 0.316 e. The van der Waals surface area contributed by atoms with E-state index in [0.717, 1.165) is 16.3 Å². The summed E-state index contributed by atoms with van der Waals surface area (Å²) >= 11 is 1.38. The largest absolute Gasteiger partial charge is 0.485 e. The second kappa shape index (κ2) is 9.88. The molecule has 0 heterocycles. The number of hydrogen-bond acceptors (Lipinski definition) is 5. The van der Waals surface area contributed by atoms with Gasteiger partial charge in [0.05, 0.1) is 12.4 Å². The normalized spacial score (nSPS) is 10.6. The van der Waals surface area contributed by atoms with Crippen LogP contribution in [0.15, 0.2) is 66.7 Å². The number of fused-ring (bicyclic) bond motifs is 1. The molecule has 0 saturated carbocycles. The predicted molar refractivity (Wildman–Crippen MR) is 109 cm³/mol. The number of rotatable bonds is 9. The first-order valence-corrected chi connectivity index (χ1v) is 9.98. The fourth-order valence-electron chi connectivity index (χ4n) is 2.65. The molecule has 0 bridgehead atoms. The molecule has 4 nitrogen and oxygen atoms in total. The second-order valence-electron chi connectivity index (χ2n) is 5.80. The van der Waals surface area contributed by atoms with E-state index < -0.39 is 0 Å². The maximum absolute atomic E-state index is 11.5. The van der Waals surface area contributed by atoms with Crippen molar-refractivity contribution in [2.75, 3.05) is 18.3 Å². The van der Waals surface area contributed by atoms with Crippen molar-refractivity contribution in [2.45, 2.75) is 13.5 Å². The summed E-state index contributed by atoms with van der Waals surface area (Å²) in [7, 11) is 0. The van der Waals surface area contributed by atoms with Gasteiger partial charge in [0.1, 0.15) is 12.5 Å². The van der Waals surface area contributed by atoms with E-state index >= 15 is 0 Å². The van der Waals surface area contributed by atoms with E-state index in [2.05, 4.69) is 0 Å². The summed E-state index contributed by atoms with van der Waals surface area (Å²) in [6.07, 6.45) is 0. The van der Waals surface area contributed by atoms with Crippen molar-refractivity contribution >= 4 is 28.5 Å². The van der Waals surface area contributed by atoms with Crippen molar-refractivity contribution in [3.05, 3.63) is 72.3 Å². The monoisotopic (exact) mass is 382 g/mol. The SMILES string of the molecule is CCOC(=O)CSCOc1c(OCc2ccccc2)ccc2ccccc12. The van der Waals surface area contributed by atoms with Gasteiger partial charge < -0.3 is 14.2 Å². The van der Waals surface area contributed by atoms with E-state index in [1.165, 1.54) is 11.8 Å². The number of esters is 1. The second-order valence-corrected chi connectivity index (χ2v) is 6.74. The van der Waals surface area contributed by atoms with Gasteiger partial charge in [-0.25, -0.2) is 0 Å². The lowest BCUT2D eigenvalue weighted by Gasteiger charge is -2.15. The summed E-state index contributed by atoms with van der Waals surface area (Å²) in [6.45, 7) is 2.65. The Labute approximate surface area is 163 Å². The molecule has 0 aromatic heterocycles. The van der Waals surface area contributed by atoms with Gasteiger partial charge in [-0.2, -0.15) is 0 Å². The lowest BCUT2D eigenvalue weighted by molar-refractivity contribution is -0.139. The maximum Gasteiger partial charge on any atom is 0.316 e. The molecule has 0 N–H and O–H groups in total.